The van der Waals surface area contributed by atoms with Crippen LogP contribution in [0.5, 0.6) is 11.5 Å². The van der Waals surface area contributed by atoms with E-state index >= 15 is 0 Å². The van der Waals surface area contributed by atoms with E-state index in [0.717, 1.165) is 35.6 Å². The van der Waals surface area contributed by atoms with Crippen molar-refractivity contribution < 1.29 is 9.47 Å². The molecule has 18 heavy (non-hydrogen) atoms. The smallest absolute Gasteiger partial charge is 0.162 e. The van der Waals surface area contributed by atoms with Gasteiger partial charge in [-0.2, -0.15) is 0 Å². The summed E-state index contributed by atoms with van der Waals surface area (Å²) in [5, 5.41) is 3.52. The lowest BCUT2D eigenvalue weighted by Gasteiger charge is -2.21. The molecule has 1 aliphatic carbocycles. The molecule has 4 heteroatoms. The zero-order valence-corrected chi connectivity index (χ0v) is 11.3. The predicted octanol–water partition coefficient (Wildman–Crippen LogP) is 2.30. The van der Waals surface area contributed by atoms with E-state index in [4.69, 9.17) is 15.2 Å². The Labute approximate surface area is 108 Å². The fraction of sp³-hybridized carbons (Fsp3) is 0.571. The van der Waals surface area contributed by atoms with E-state index in [0.29, 0.717) is 6.04 Å². The van der Waals surface area contributed by atoms with Gasteiger partial charge in [0.15, 0.2) is 11.5 Å². The van der Waals surface area contributed by atoms with E-state index < -0.39 is 0 Å². The summed E-state index contributed by atoms with van der Waals surface area (Å²) in [7, 11) is 3.30. The summed E-state index contributed by atoms with van der Waals surface area (Å²) in [4.78, 5) is 0. The Morgan fingerprint density at radius 1 is 1.17 bits per heavy atom. The molecule has 0 aromatic heterocycles. The Morgan fingerprint density at radius 2 is 1.83 bits per heavy atom. The number of benzene rings is 1. The lowest BCUT2D eigenvalue weighted by Crippen LogP contribution is -2.35. The van der Waals surface area contributed by atoms with Gasteiger partial charge in [0.25, 0.3) is 0 Å². The molecule has 0 aliphatic heterocycles. The van der Waals surface area contributed by atoms with Crippen molar-refractivity contribution in [3.8, 4) is 11.5 Å². The Kier molecular flexibility index (Phi) is 3.97. The molecule has 0 heterocycles. The molecule has 1 aromatic rings. The molecule has 1 saturated carbocycles. The Bertz CT molecular complexity index is 421. The molecule has 2 unspecified atom stereocenters. The van der Waals surface area contributed by atoms with Crippen LogP contribution in [0.2, 0.25) is 0 Å². The van der Waals surface area contributed by atoms with Gasteiger partial charge in [-0.15, -0.1) is 0 Å². The number of ether oxygens (including phenoxy) is 2. The molecular formula is C14H22N2O2. The van der Waals surface area contributed by atoms with Gasteiger partial charge in [-0.1, -0.05) is 0 Å². The molecular weight excluding hydrogens is 228 g/mol. The van der Waals surface area contributed by atoms with Crippen molar-refractivity contribution in [2.45, 2.75) is 38.3 Å². The van der Waals surface area contributed by atoms with Gasteiger partial charge in [0.05, 0.1) is 14.2 Å². The maximum atomic E-state index is 6.09. The standard InChI is InChI=1S/C14H22N2O2/c1-9-7-13(17-2)14(18-3)8-12(9)16-11-6-4-5-10(11)15/h7-8,10-11,16H,4-6,15H2,1-3H3. The summed E-state index contributed by atoms with van der Waals surface area (Å²) in [6.45, 7) is 2.06. The zero-order valence-electron chi connectivity index (χ0n) is 11.3. The second kappa shape index (κ2) is 5.48. The average molecular weight is 250 g/mol. The van der Waals surface area contributed by atoms with Crippen LogP contribution in [-0.4, -0.2) is 26.3 Å². The van der Waals surface area contributed by atoms with Gasteiger partial charge in [-0.05, 0) is 37.8 Å². The maximum Gasteiger partial charge on any atom is 0.162 e. The fourth-order valence-electron chi connectivity index (χ4n) is 2.50. The lowest BCUT2D eigenvalue weighted by atomic mass is 10.1. The van der Waals surface area contributed by atoms with Gasteiger partial charge in [-0.25, -0.2) is 0 Å². The van der Waals surface area contributed by atoms with E-state index in [1.54, 1.807) is 14.2 Å². The molecule has 100 valence electrons. The highest BCUT2D eigenvalue weighted by atomic mass is 16.5. The van der Waals surface area contributed by atoms with Crippen molar-refractivity contribution in [3.05, 3.63) is 17.7 Å². The van der Waals surface area contributed by atoms with Gasteiger partial charge in [-0.3, -0.25) is 0 Å². The Balaban J connectivity index is 2.22. The first-order valence-corrected chi connectivity index (χ1v) is 6.40. The number of hydrogen-bond donors (Lipinski definition) is 2. The second-order valence-electron chi connectivity index (χ2n) is 4.87. The van der Waals surface area contributed by atoms with Crippen LogP contribution in [-0.2, 0) is 0 Å². The van der Waals surface area contributed by atoms with Gasteiger partial charge in [0.2, 0.25) is 0 Å². The first kappa shape index (κ1) is 13.0. The molecule has 0 spiro atoms. The highest BCUT2D eigenvalue weighted by Gasteiger charge is 2.24. The molecule has 3 N–H and O–H groups in total. The average Bonchev–Trinajstić information content (AvgIpc) is 2.77. The highest BCUT2D eigenvalue weighted by Crippen LogP contribution is 2.34. The van der Waals surface area contributed by atoms with Gasteiger partial charge in [0.1, 0.15) is 0 Å². The lowest BCUT2D eigenvalue weighted by molar-refractivity contribution is 0.355. The molecule has 4 nitrogen and oxygen atoms in total. The zero-order chi connectivity index (χ0) is 13.1. The minimum absolute atomic E-state index is 0.248. The van der Waals surface area contributed by atoms with Crippen molar-refractivity contribution in [1.82, 2.24) is 0 Å². The summed E-state index contributed by atoms with van der Waals surface area (Å²) in [5.41, 5.74) is 8.31. The summed E-state index contributed by atoms with van der Waals surface area (Å²) >= 11 is 0. The van der Waals surface area contributed by atoms with E-state index in [-0.39, 0.29) is 6.04 Å². The molecule has 0 bridgehead atoms. The van der Waals surface area contributed by atoms with E-state index in [9.17, 15) is 0 Å². The van der Waals surface area contributed by atoms with Gasteiger partial charge >= 0.3 is 0 Å². The number of nitrogens with two attached hydrogens (primary N) is 1. The molecule has 1 aromatic carbocycles. The summed E-state index contributed by atoms with van der Waals surface area (Å²) in [6.07, 6.45) is 3.43. The summed E-state index contributed by atoms with van der Waals surface area (Å²) in [6, 6.07) is 4.58. The van der Waals surface area contributed by atoms with Crippen LogP contribution in [0.3, 0.4) is 0 Å². The SMILES string of the molecule is COc1cc(C)c(NC2CCCC2N)cc1OC. The first-order chi connectivity index (χ1) is 8.65. The predicted molar refractivity (Wildman–Crippen MR) is 73.5 cm³/mol. The van der Waals surface area contributed by atoms with Gasteiger partial charge < -0.3 is 20.5 Å². The van der Waals surface area contributed by atoms with E-state index in [2.05, 4.69) is 12.2 Å². The number of methoxy groups -OCH3 is 2. The quantitative estimate of drug-likeness (QED) is 0.861. The molecule has 1 aliphatic rings. The normalized spacial score (nSPS) is 22.9. The van der Waals surface area contributed by atoms with Crippen LogP contribution in [0, 0.1) is 6.92 Å². The van der Waals surface area contributed by atoms with Crippen molar-refractivity contribution in [1.29, 1.82) is 0 Å². The van der Waals surface area contributed by atoms with Gasteiger partial charge in [0, 0.05) is 23.8 Å². The van der Waals surface area contributed by atoms with Crippen LogP contribution in [0.15, 0.2) is 12.1 Å². The molecule has 0 saturated heterocycles. The van der Waals surface area contributed by atoms with Crippen molar-refractivity contribution >= 4 is 5.69 Å². The third-order valence-corrected chi connectivity index (χ3v) is 3.64. The summed E-state index contributed by atoms with van der Waals surface area (Å²) < 4.78 is 10.6. The number of hydrogen-bond acceptors (Lipinski definition) is 4. The van der Waals surface area contributed by atoms with Crippen molar-refractivity contribution in [2.24, 2.45) is 5.73 Å². The molecule has 0 amide bonds. The fourth-order valence-corrected chi connectivity index (χ4v) is 2.50. The monoisotopic (exact) mass is 250 g/mol. The van der Waals surface area contributed by atoms with Crippen LogP contribution in [0.4, 0.5) is 5.69 Å². The number of nitrogens with one attached hydrogen (secondary N) is 1. The van der Waals surface area contributed by atoms with Crippen molar-refractivity contribution in [3.63, 3.8) is 0 Å². The van der Waals surface area contributed by atoms with Crippen LogP contribution < -0.4 is 20.5 Å². The number of rotatable bonds is 4. The largest absolute Gasteiger partial charge is 0.493 e. The number of aryl methyl sites for hydroxylation is 1. The van der Waals surface area contributed by atoms with E-state index in [1.807, 2.05) is 12.1 Å². The second-order valence-corrected chi connectivity index (χ2v) is 4.87. The van der Waals surface area contributed by atoms with E-state index in [1.165, 1.54) is 6.42 Å². The number of anilines is 1. The minimum atomic E-state index is 0.248. The maximum absolute atomic E-state index is 6.09. The minimum Gasteiger partial charge on any atom is -0.493 e. The van der Waals surface area contributed by atoms with Crippen LogP contribution >= 0.6 is 0 Å². The summed E-state index contributed by atoms with van der Waals surface area (Å²) in [5.74, 6) is 1.51. The third kappa shape index (κ3) is 2.53. The molecule has 2 atom stereocenters. The molecule has 0 radical (unpaired) electrons. The van der Waals surface area contributed by atoms with Crippen LogP contribution in [0.25, 0.3) is 0 Å². The van der Waals surface area contributed by atoms with Crippen molar-refractivity contribution in [2.75, 3.05) is 19.5 Å². The highest BCUT2D eigenvalue weighted by molar-refractivity contribution is 5.60. The Hall–Kier alpha value is -1.42. The Morgan fingerprint density at radius 3 is 2.39 bits per heavy atom. The molecule has 1 fully saturated rings. The molecule has 2 rings (SSSR count). The first-order valence-electron chi connectivity index (χ1n) is 6.40. The third-order valence-electron chi connectivity index (χ3n) is 3.64. The topological polar surface area (TPSA) is 56.5 Å². The van der Waals surface area contributed by atoms with Crippen LogP contribution in [0.1, 0.15) is 24.8 Å².